The molecule has 3 nitrogen and oxygen atoms in total. The Labute approximate surface area is 118 Å². The van der Waals surface area contributed by atoms with Gasteiger partial charge in [-0.3, -0.25) is 9.69 Å². The quantitative estimate of drug-likeness (QED) is 0.866. The van der Waals surface area contributed by atoms with Crippen molar-refractivity contribution in [2.45, 2.75) is 50.6 Å². The molecule has 2 rings (SSSR count). The minimum absolute atomic E-state index is 0.360. The standard InChI is InChI=1S/C13H19Cl2NO2/c14-7-10(15)8-16-11-4-2-1-3-9(11)5-6-12(16)13(17)18/h7,9,11-12H,1-6,8H2,(H,17,18). The highest BCUT2D eigenvalue weighted by Crippen LogP contribution is 2.38. The topological polar surface area (TPSA) is 40.5 Å². The molecular formula is C13H19Cl2NO2. The van der Waals surface area contributed by atoms with Crippen LogP contribution in [0, 0.1) is 5.92 Å². The number of likely N-dealkylation sites (tertiary alicyclic amines) is 1. The number of piperidine rings is 1. The lowest BCUT2D eigenvalue weighted by atomic mass is 9.76. The number of carboxylic acids is 1. The first kappa shape index (κ1) is 14.2. The highest BCUT2D eigenvalue weighted by molar-refractivity contribution is 6.36. The van der Waals surface area contributed by atoms with Crippen LogP contribution in [0.15, 0.2) is 10.6 Å². The second-order valence-corrected chi connectivity index (χ2v) is 5.98. The van der Waals surface area contributed by atoms with E-state index >= 15 is 0 Å². The van der Waals surface area contributed by atoms with Gasteiger partial charge in [-0.05, 0) is 31.6 Å². The van der Waals surface area contributed by atoms with E-state index in [1.807, 2.05) is 0 Å². The summed E-state index contributed by atoms with van der Waals surface area (Å²) in [5.41, 5.74) is 1.34. The van der Waals surface area contributed by atoms with Crippen LogP contribution in [0.4, 0.5) is 0 Å². The van der Waals surface area contributed by atoms with E-state index in [0.29, 0.717) is 23.5 Å². The van der Waals surface area contributed by atoms with Gasteiger partial charge in [0.05, 0.1) is 0 Å². The Morgan fingerprint density at radius 2 is 2.00 bits per heavy atom. The third kappa shape index (κ3) is 3.01. The number of carboxylic acid groups (broad SMARTS) is 1. The lowest BCUT2D eigenvalue weighted by Gasteiger charge is -2.47. The van der Waals surface area contributed by atoms with Gasteiger partial charge < -0.3 is 5.11 Å². The highest BCUT2D eigenvalue weighted by Gasteiger charge is 2.41. The molecule has 0 spiro atoms. The molecule has 1 N–H and O–H groups in total. The maximum absolute atomic E-state index is 11.4. The van der Waals surface area contributed by atoms with Gasteiger partial charge in [-0.1, -0.05) is 36.0 Å². The van der Waals surface area contributed by atoms with Crippen molar-refractivity contribution in [3.63, 3.8) is 0 Å². The molecule has 0 amide bonds. The van der Waals surface area contributed by atoms with Crippen LogP contribution in [0.5, 0.6) is 0 Å². The Bertz CT molecular complexity index is 346. The zero-order valence-corrected chi connectivity index (χ0v) is 11.8. The fraction of sp³-hybridized carbons (Fsp3) is 0.769. The number of aliphatic carboxylic acids is 1. The van der Waals surface area contributed by atoms with E-state index in [1.165, 1.54) is 24.8 Å². The van der Waals surface area contributed by atoms with Crippen molar-refractivity contribution >= 4 is 29.2 Å². The second kappa shape index (κ2) is 6.27. The Hall–Kier alpha value is -0.250. The first-order valence-electron chi connectivity index (χ1n) is 6.56. The molecule has 1 aliphatic heterocycles. The Morgan fingerprint density at radius 1 is 1.28 bits per heavy atom. The third-order valence-electron chi connectivity index (χ3n) is 4.24. The molecule has 5 heteroatoms. The molecule has 102 valence electrons. The van der Waals surface area contributed by atoms with Gasteiger partial charge in [0.1, 0.15) is 6.04 Å². The average Bonchev–Trinajstić information content (AvgIpc) is 2.38. The smallest absolute Gasteiger partial charge is 0.320 e. The maximum Gasteiger partial charge on any atom is 0.320 e. The summed E-state index contributed by atoms with van der Waals surface area (Å²) in [7, 11) is 0. The molecular weight excluding hydrogens is 273 g/mol. The van der Waals surface area contributed by atoms with Crippen LogP contribution in [0.3, 0.4) is 0 Å². The Morgan fingerprint density at radius 3 is 2.67 bits per heavy atom. The number of hydrogen-bond donors (Lipinski definition) is 1. The monoisotopic (exact) mass is 291 g/mol. The van der Waals surface area contributed by atoms with E-state index in [0.717, 1.165) is 19.3 Å². The molecule has 0 radical (unpaired) electrons. The van der Waals surface area contributed by atoms with Crippen molar-refractivity contribution in [1.29, 1.82) is 0 Å². The van der Waals surface area contributed by atoms with Crippen LogP contribution >= 0.6 is 23.2 Å². The van der Waals surface area contributed by atoms with Crippen molar-refractivity contribution in [2.24, 2.45) is 5.92 Å². The van der Waals surface area contributed by atoms with Crippen LogP contribution < -0.4 is 0 Å². The van der Waals surface area contributed by atoms with Crippen LogP contribution in [0.25, 0.3) is 0 Å². The summed E-state index contributed by atoms with van der Waals surface area (Å²) in [5.74, 6) is -0.104. The van der Waals surface area contributed by atoms with E-state index in [2.05, 4.69) is 4.90 Å². The summed E-state index contributed by atoms with van der Waals surface area (Å²) >= 11 is 11.6. The number of rotatable bonds is 3. The van der Waals surface area contributed by atoms with E-state index < -0.39 is 12.0 Å². The number of fused-ring (bicyclic) bond motifs is 1. The fourth-order valence-electron chi connectivity index (χ4n) is 3.43. The van der Waals surface area contributed by atoms with E-state index in [9.17, 15) is 9.90 Å². The number of nitrogens with zero attached hydrogens (tertiary/aromatic N) is 1. The average molecular weight is 292 g/mol. The SMILES string of the molecule is O=C(O)C1CCC2CCCCC2N1CC(Cl)=CCl. The zero-order valence-electron chi connectivity index (χ0n) is 10.3. The number of halogens is 2. The van der Waals surface area contributed by atoms with Crippen molar-refractivity contribution in [3.05, 3.63) is 10.6 Å². The first-order valence-corrected chi connectivity index (χ1v) is 7.38. The summed E-state index contributed by atoms with van der Waals surface area (Å²) in [6.45, 7) is 0.461. The van der Waals surface area contributed by atoms with Crippen LogP contribution in [0.1, 0.15) is 38.5 Å². The van der Waals surface area contributed by atoms with Crippen molar-refractivity contribution < 1.29 is 9.90 Å². The fourth-order valence-corrected chi connectivity index (χ4v) is 3.64. The second-order valence-electron chi connectivity index (χ2n) is 5.27. The third-order valence-corrected chi connectivity index (χ3v) is 4.85. The predicted molar refractivity (Wildman–Crippen MR) is 72.9 cm³/mol. The van der Waals surface area contributed by atoms with Gasteiger partial charge in [-0.2, -0.15) is 0 Å². The highest BCUT2D eigenvalue weighted by atomic mass is 35.5. The van der Waals surface area contributed by atoms with Gasteiger partial charge in [0.15, 0.2) is 0 Å². The molecule has 3 unspecified atom stereocenters. The van der Waals surface area contributed by atoms with E-state index in [1.54, 1.807) is 0 Å². The zero-order chi connectivity index (χ0) is 13.1. The molecule has 1 saturated heterocycles. The lowest BCUT2D eigenvalue weighted by Crippen LogP contribution is -2.55. The van der Waals surface area contributed by atoms with Crippen LogP contribution in [0.2, 0.25) is 0 Å². The summed E-state index contributed by atoms with van der Waals surface area (Å²) in [6.07, 6.45) is 6.51. The Balaban J connectivity index is 2.16. The largest absolute Gasteiger partial charge is 0.480 e. The van der Waals surface area contributed by atoms with Gasteiger partial charge in [-0.15, -0.1) is 0 Å². The van der Waals surface area contributed by atoms with E-state index in [-0.39, 0.29) is 0 Å². The lowest BCUT2D eigenvalue weighted by molar-refractivity contribution is -0.147. The van der Waals surface area contributed by atoms with Gasteiger partial charge in [0, 0.05) is 23.2 Å². The summed E-state index contributed by atoms with van der Waals surface area (Å²) < 4.78 is 0. The van der Waals surface area contributed by atoms with Gasteiger partial charge in [0.25, 0.3) is 0 Å². The summed E-state index contributed by atoms with van der Waals surface area (Å²) in [4.78, 5) is 13.4. The van der Waals surface area contributed by atoms with Crippen molar-refractivity contribution in [1.82, 2.24) is 4.90 Å². The molecule has 3 atom stereocenters. The maximum atomic E-state index is 11.4. The predicted octanol–water partition coefficient (Wildman–Crippen LogP) is 3.41. The molecule has 2 fully saturated rings. The van der Waals surface area contributed by atoms with Gasteiger partial charge >= 0.3 is 5.97 Å². The minimum Gasteiger partial charge on any atom is -0.480 e. The van der Waals surface area contributed by atoms with Crippen LogP contribution in [-0.4, -0.2) is 34.6 Å². The van der Waals surface area contributed by atoms with Gasteiger partial charge in [0.2, 0.25) is 0 Å². The molecule has 1 heterocycles. The normalized spacial score (nSPS) is 34.1. The van der Waals surface area contributed by atoms with Gasteiger partial charge in [-0.25, -0.2) is 0 Å². The molecule has 0 bridgehead atoms. The minimum atomic E-state index is -0.738. The number of carbonyl (C=O) groups is 1. The molecule has 0 aromatic carbocycles. The molecule has 0 aromatic rings. The molecule has 2 aliphatic rings. The van der Waals surface area contributed by atoms with Crippen LogP contribution in [-0.2, 0) is 4.79 Å². The van der Waals surface area contributed by atoms with E-state index in [4.69, 9.17) is 23.2 Å². The Kier molecular flexibility index (Phi) is 4.93. The molecule has 0 aromatic heterocycles. The molecule has 18 heavy (non-hydrogen) atoms. The number of hydrogen-bond acceptors (Lipinski definition) is 2. The van der Waals surface area contributed by atoms with Crippen molar-refractivity contribution in [2.75, 3.05) is 6.54 Å². The first-order chi connectivity index (χ1) is 8.63. The molecule has 1 saturated carbocycles. The molecule has 1 aliphatic carbocycles. The summed E-state index contributed by atoms with van der Waals surface area (Å²) in [5, 5.41) is 9.87. The summed E-state index contributed by atoms with van der Waals surface area (Å²) in [6, 6.07) is -0.0475. The van der Waals surface area contributed by atoms with Crippen molar-refractivity contribution in [3.8, 4) is 0 Å².